The predicted octanol–water partition coefficient (Wildman–Crippen LogP) is 2.45. The lowest BCUT2D eigenvalue weighted by Crippen LogP contribution is -2.39. The highest BCUT2D eigenvalue weighted by atomic mass is 16.5. The van der Waals surface area contributed by atoms with E-state index in [0.717, 1.165) is 10.5 Å². The molecule has 36 heavy (non-hydrogen) atoms. The first kappa shape index (κ1) is 24.2. The Bertz CT molecular complexity index is 1260. The quantitative estimate of drug-likeness (QED) is 0.472. The number of carbonyl (C=O) groups excluding carboxylic acids is 5. The first-order valence-corrected chi connectivity index (χ1v) is 12.1. The number of amides is 2. The van der Waals surface area contributed by atoms with Crippen LogP contribution in [-0.4, -0.2) is 55.7 Å². The lowest BCUT2D eigenvalue weighted by Gasteiger charge is -2.39. The highest BCUT2D eigenvalue weighted by Crippen LogP contribution is 2.64. The van der Waals surface area contributed by atoms with E-state index in [4.69, 9.17) is 9.47 Å². The van der Waals surface area contributed by atoms with Crippen LogP contribution in [0.1, 0.15) is 31.7 Å². The van der Waals surface area contributed by atoms with Gasteiger partial charge in [0.05, 0.1) is 32.0 Å². The minimum atomic E-state index is -1.02. The number of carbonyl (C=O) groups is 5. The molecule has 6 atom stereocenters. The molecule has 0 saturated carbocycles. The number of nitrogens with zero attached hydrogens (tertiary/aromatic N) is 1. The van der Waals surface area contributed by atoms with Crippen molar-refractivity contribution in [2.45, 2.75) is 26.2 Å². The first-order valence-electron chi connectivity index (χ1n) is 12.1. The van der Waals surface area contributed by atoms with Crippen LogP contribution in [0.25, 0.3) is 0 Å². The minimum Gasteiger partial charge on any atom is -0.469 e. The van der Waals surface area contributed by atoms with E-state index in [1.54, 1.807) is 19.9 Å². The van der Waals surface area contributed by atoms with Gasteiger partial charge in [-0.25, -0.2) is 4.79 Å². The summed E-state index contributed by atoms with van der Waals surface area (Å²) in [4.78, 5) is 68.3. The van der Waals surface area contributed by atoms with E-state index >= 15 is 0 Å². The summed E-state index contributed by atoms with van der Waals surface area (Å²) < 4.78 is 10.1. The summed E-state index contributed by atoms with van der Waals surface area (Å²) in [7, 11) is 3.99. The highest BCUT2D eigenvalue weighted by molar-refractivity contribution is 6.11. The van der Waals surface area contributed by atoms with Crippen LogP contribution in [0.2, 0.25) is 0 Å². The number of hydrogen-bond acceptors (Lipinski definition) is 7. The normalized spacial score (nSPS) is 32.5. The Morgan fingerprint density at radius 2 is 1.61 bits per heavy atom. The first-order chi connectivity index (χ1) is 17.1. The van der Waals surface area contributed by atoms with Crippen LogP contribution in [0.15, 0.2) is 53.1 Å². The van der Waals surface area contributed by atoms with E-state index in [2.05, 4.69) is 0 Å². The Balaban J connectivity index is 1.84. The molecule has 0 aromatic heterocycles. The SMILES string of the molecule is COC(=O)C1=C[C@@H](C(=O)OC)[C@@H]2C3=C(C(=O)C2(C)C)[C@H](c2ccccc2)[C@H]2C(=O)N(C)C(=O)[C@H]2[C@@H]3C1. The van der Waals surface area contributed by atoms with Crippen molar-refractivity contribution in [3.05, 3.63) is 58.7 Å². The zero-order chi connectivity index (χ0) is 26.1. The number of likely N-dealkylation sites (tertiary alicyclic amines) is 1. The number of ether oxygens (including phenoxy) is 2. The molecule has 2 amide bonds. The smallest absolute Gasteiger partial charge is 0.333 e. The van der Waals surface area contributed by atoms with E-state index in [9.17, 15) is 24.0 Å². The van der Waals surface area contributed by atoms with Gasteiger partial charge in [-0.2, -0.15) is 0 Å². The summed E-state index contributed by atoms with van der Waals surface area (Å²) in [6, 6.07) is 9.27. The van der Waals surface area contributed by atoms with Crippen molar-refractivity contribution < 1.29 is 33.4 Å². The van der Waals surface area contributed by atoms with E-state index < -0.39 is 52.9 Å². The molecule has 5 rings (SSSR count). The fourth-order valence-corrected chi connectivity index (χ4v) is 7.09. The molecule has 3 aliphatic carbocycles. The molecule has 1 aliphatic heterocycles. The van der Waals surface area contributed by atoms with Crippen molar-refractivity contribution in [2.75, 3.05) is 21.3 Å². The van der Waals surface area contributed by atoms with Gasteiger partial charge in [0.2, 0.25) is 11.8 Å². The average molecular weight is 492 g/mol. The number of allylic oxidation sites excluding steroid dienone is 2. The Hall–Kier alpha value is -3.55. The molecule has 4 aliphatic rings. The standard InChI is InChI=1S/C28H29NO7/c1-28(2)22-16(27(34)36-5)12-14(26(33)35-4)11-15-18(22)20(23(28)30)17(13-9-7-6-8-10-13)21-19(15)24(31)29(3)25(21)32/h6-10,12,15-17,19,21-22H,11H2,1-5H3/t15-,16-,17+,19+,21-,22-/m1/s1. The lowest BCUT2D eigenvalue weighted by molar-refractivity contribution is -0.146. The van der Waals surface area contributed by atoms with E-state index in [1.165, 1.54) is 21.3 Å². The second-order valence-corrected chi connectivity index (χ2v) is 10.6. The number of methoxy groups -OCH3 is 2. The Morgan fingerprint density at radius 3 is 2.22 bits per heavy atom. The largest absolute Gasteiger partial charge is 0.469 e. The second-order valence-electron chi connectivity index (χ2n) is 10.6. The van der Waals surface area contributed by atoms with Gasteiger partial charge in [-0.3, -0.25) is 24.1 Å². The summed E-state index contributed by atoms with van der Waals surface area (Å²) in [5.41, 5.74) is 1.19. The predicted molar refractivity (Wildman–Crippen MR) is 127 cm³/mol. The van der Waals surface area contributed by atoms with Crippen LogP contribution in [0.4, 0.5) is 0 Å². The zero-order valence-corrected chi connectivity index (χ0v) is 20.9. The fraction of sp³-hybridized carbons (Fsp3) is 0.464. The highest BCUT2D eigenvalue weighted by Gasteiger charge is 2.66. The Morgan fingerprint density at radius 1 is 0.972 bits per heavy atom. The van der Waals surface area contributed by atoms with E-state index in [-0.39, 0.29) is 29.6 Å². The third-order valence-electron chi connectivity index (χ3n) is 8.63. The number of rotatable bonds is 3. The summed E-state index contributed by atoms with van der Waals surface area (Å²) in [6.45, 7) is 3.58. The van der Waals surface area contributed by atoms with Gasteiger partial charge in [0.15, 0.2) is 5.78 Å². The minimum absolute atomic E-state index is 0.0917. The van der Waals surface area contributed by atoms with Crippen molar-refractivity contribution >= 4 is 29.5 Å². The second kappa shape index (κ2) is 8.25. The molecule has 1 aromatic carbocycles. The number of esters is 2. The molecular weight excluding hydrogens is 462 g/mol. The van der Waals surface area contributed by atoms with Crippen LogP contribution >= 0.6 is 0 Å². The number of benzene rings is 1. The molecule has 0 spiro atoms. The summed E-state index contributed by atoms with van der Waals surface area (Å²) in [5, 5.41) is 0. The zero-order valence-electron chi connectivity index (χ0n) is 20.9. The molecule has 1 heterocycles. The molecule has 0 radical (unpaired) electrons. The van der Waals surface area contributed by atoms with Crippen LogP contribution in [0.3, 0.4) is 0 Å². The van der Waals surface area contributed by atoms with E-state index in [1.807, 2.05) is 30.3 Å². The van der Waals surface area contributed by atoms with Gasteiger partial charge in [-0.1, -0.05) is 55.8 Å². The van der Waals surface area contributed by atoms with Gasteiger partial charge in [0, 0.05) is 35.4 Å². The van der Waals surface area contributed by atoms with Crippen molar-refractivity contribution in [3.8, 4) is 0 Å². The summed E-state index contributed by atoms with van der Waals surface area (Å²) >= 11 is 0. The van der Waals surface area contributed by atoms with Crippen molar-refractivity contribution in [3.63, 3.8) is 0 Å². The Labute approximate surface area is 209 Å². The molecular formula is C28H29NO7. The average Bonchev–Trinajstić information content (AvgIpc) is 3.12. The molecule has 1 aromatic rings. The van der Waals surface area contributed by atoms with E-state index in [0.29, 0.717) is 11.1 Å². The number of hydrogen-bond donors (Lipinski definition) is 0. The van der Waals surface area contributed by atoms with Gasteiger partial charge in [0.1, 0.15) is 0 Å². The molecule has 1 fully saturated rings. The molecule has 8 heteroatoms. The number of imide groups is 1. The van der Waals surface area contributed by atoms with Crippen molar-refractivity contribution in [1.82, 2.24) is 4.90 Å². The van der Waals surface area contributed by atoms with Gasteiger partial charge in [-0.05, 0) is 17.9 Å². The molecule has 0 unspecified atom stereocenters. The van der Waals surface area contributed by atoms with Crippen molar-refractivity contribution in [1.29, 1.82) is 0 Å². The van der Waals surface area contributed by atoms with Gasteiger partial charge < -0.3 is 9.47 Å². The number of Topliss-reactive ketones (excluding diaryl/α,β-unsaturated/α-hetero) is 1. The van der Waals surface area contributed by atoms with Crippen LogP contribution < -0.4 is 0 Å². The van der Waals surface area contributed by atoms with Gasteiger partial charge in [-0.15, -0.1) is 0 Å². The van der Waals surface area contributed by atoms with Crippen molar-refractivity contribution in [2.24, 2.45) is 35.0 Å². The summed E-state index contributed by atoms with van der Waals surface area (Å²) in [5.74, 6) is -6.29. The number of fused-ring (bicyclic) bond motifs is 2. The molecule has 0 bridgehead atoms. The molecule has 0 N–H and O–H groups in total. The maximum atomic E-state index is 14.2. The third kappa shape index (κ3) is 3.09. The molecule has 1 saturated heterocycles. The maximum Gasteiger partial charge on any atom is 0.333 e. The van der Waals surface area contributed by atoms with Crippen LogP contribution in [0, 0.1) is 35.0 Å². The Kier molecular flexibility index (Phi) is 5.54. The van der Waals surface area contributed by atoms with Crippen LogP contribution in [-0.2, 0) is 33.4 Å². The summed E-state index contributed by atoms with van der Waals surface area (Å²) in [6.07, 6.45) is 1.64. The van der Waals surface area contributed by atoms with Crippen LogP contribution in [0.5, 0.6) is 0 Å². The lowest BCUT2D eigenvalue weighted by atomic mass is 9.60. The van der Waals surface area contributed by atoms with Gasteiger partial charge >= 0.3 is 11.9 Å². The maximum absolute atomic E-state index is 14.2. The van der Waals surface area contributed by atoms with Gasteiger partial charge in [0.25, 0.3) is 0 Å². The monoisotopic (exact) mass is 491 g/mol. The fourth-order valence-electron chi connectivity index (χ4n) is 7.09. The third-order valence-corrected chi connectivity index (χ3v) is 8.63. The molecule has 188 valence electrons. The number of ketones is 1. The molecule has 8 nitrogen and oxygen atoms in total. The topological polar surface area (TPSA) is 107 Å².